The van der Waals surface area contributed by atoms with E-state index in [1.165, 1.54) is 13.0 Å². The van der Waals surface area contributed by atoms with Gasteiger partial charge in [-0.15, -0.1) is 6.58 Å². The molecule has 0 unspecified atom stereocenters. The number of ether oxygens (including phenoxy) is 2. The normalized spacial score (nSPS) is 18.4. The van der Waals surface area contributed by atoms with Gasteiger partial charge in [0.2, 0.25) is 0 Å². The average Bonchev–Trinajstić information content (AvgIpc) is 3.07. The predicted molar refractivity (Wildman–Crippen MR) is 262 cm³/mol. The van der Waals surface area contributed by atoms with Crippen LogP contribution in [-0.4, -0.2) is 78.6 Å². The Morgan fingerprint density at radius 2 is 1.23 bits per heavy atom. The Morgan fingerprint density at radius 1 is 0.733 bits per heavy atom. The molecular weight excluding hydrogens is 801 g/mol. The molecular formula is C49H92O8Si3. The molecule has 0 aliphatic carbocycles. The van der Waals surface area contributed by atoms with Crippen molar-refractivity contribution in [3.05, 3.63) is 61.3 Å². The smallest absolute Gasteiger partial charge is 0.342 e. The van der Waals surface area contributed by atoms with E-state index in [9.17, 15) is 14.7 Å². The Morgan fingerprint density at radius 3 is 1.70 bits per heavy atom. The molecule has 0 aliphatic rings. The fourth-order valence-electron chi connectivity index (χ4n) is 5.48. The van der Waals surface area contributed by atoms with Crippen LogP contribution in [-0.2, 0) is 32.3 Å². The zero-order valence-electron chi connectivity index (χ0n) is 42.4. The minimum Gasteiger partial charge on any atom is -0.459 e. The molecule has 0 saturated carbocycles. The number of rotatable bonds is 25. The van der Waals surface area contributed by atoms with E-state index in [-0.39, 0.29) is 57.1 Å². The summed E-state index contributed by atoms with van der Waals surface area (Å²) in [5.41, 5.74) is -0.193. The molecule has 0 aliphatic heterocycles. The zero-order chi connectivity index (χ0) is 47.5. The quantitative estimate of drug-likeness (QED) is 0.0419. The third-order valence-electron chi connectivity index (χ3n) is 13.7. The van der Waals surface area contributed by atoms with Crippen molar-refractivity contribution in [1.82, 2.24) is 0 Å². The van der Waals surface area contributed by atoms with Crippen LogP contribution in [0.2, 0.25) is 54.4 Å². The molecule has 8 nitrogen and oxygen atoms in total. The zero-order valence-corrected chi connectivity index (χ0v) is 45.4. The first-order chi connectivity index (χ1) is 26.9. The van der Waals surface area contributed by atoms with Gasteiger partial charge in [-0.3, -0.25) is 0 Å². The topological polar surface area (TPSA) is 101 Å². The first-order valence-electron chi connectivity index (χ1n) is 22.2. The van der Waals surface area contributed by atoms with Crippen molar-refractivity contribution in [3.8, 4) is 0 Å². The molecule has 0 aromatic rings. The number of carbonyl (C=O) groups excluding carboxylic acids is 2. The van der Waals surface area contributed by atoms with Gasteiger partial charge in [-0.05, 0) is 111 Å². The van der Waals surface area contributed by atoms with Crippen molar-refractivity contribution in [2.75, 3.05) is 6.61 Å². The molecule has 348 valence electrons. The second-order valence-corrected chi connectivity index (χ2v) is 36.7. The number of esters is 2. The van der Waals surface area contributed by atoms with E-state index in [1.807, 2.05) is 25.2 Å². The molecule has 0 saturated heterocycles. The van der Waals surface area contributed by atoms with Gasteiger partial charge < -0.3 is 27.9 Å². The number of carbonyl (C=O) groups is 2. The van der Waals surface area contributed by atoms with E-state index in [4.69, 9.17) is 22.8 Å². The Bertz CT molecular complexity index is 1470. The van der Waals surface area contributed by atoms with Gasteiger partial charge >= 0.3 is 11.9 Å². The second-order valence-electron chi connectivity index (χ2n) is 22.3. The average molecular weight is 894 g/mol. The van der Waals surface area contributed by atoms with Crippen LogP contribution in [0.5, 0.6) is 0 Å². The van der Waals surface area contributed by atoms with Gasteiger partial charge in [-0.1, -0.05) is 120 Å². The summed E-state index contributed by atoms with van der Waals surface area (Å²) in [5.74, 6) is -1.07. The van der Waals surface area contributed by atoms with Gasteiger partial charge in [0.1, 0.15) is 12.2 Å². The molecule has 0 aromatic carbocycles. The maximum atomic E-state index is 13.7. The van der Waals surface area contributed by atoms with E-state index < -0.39 is 42.6 Å². The molecule has 8 atom stereocenters. The number of hydrogen-bond donors (Lipinski definition) is 1. The van der Waals surface area contributed by atoms with E-state index in [0.29, 0.717) is 25.9 Å². The minimum absolute atomic E-state index is 0.0206. The maximum absolute atomic E-state index is 13.7. The number of hydrogen-bond acceptors (Lipinski definition) is 8. The SMILES string of the molecule is C=CC[C@@H](C)[C@H](C[C@@H](C)[C@H](C)O[Si](C)(C)C(C)(C)C)OC(=O)/C=C(\C)[C@H](C)[C@H](/C=C/C[C@H](CC(=C)CO[Si](C)(C)C(C)(C)C)OC(=O)[C@@](C)(O)C=C)O[Si](C)(C)C(C)(C)C. The molecule has 0 heterocycles. The molecule has 0 amide bonds. The van der Waals surface area contributed by atoms with Crippen LogP contribution >= 0.6 is 0 Å². The lowest BCUT2D eigenvalue weighted by Gasteiger charge is -2.40. The van der Waals surface area contributed by atoms with E-state index in [0.717, 1.165) is 17.6 Å². The monoisotopic (exact) mass is 893 g/mol. The largest absolute Gasteiger partial charge is 0.459 e. The van der Waals surface area contributed by atoms with Crippen LogP contribution in [0.3, 0.4) is 0 Å². The molecule has 0 radical (unpaired) electrons. The lowest BCUT2D eigenvalue weighted by atomic mass is 9.90. The van der Waals surface area contributed by atoms with Gasteiger partial charge in [0.15, 0.2) is 30.6 Å². The first kappa shape index (κ1) is 58.1. The fraction of sp³-hybridized carbons (Fsp3) is 0.755. The second kappa shape index (κ2) is 23.2. The summed E-state index contributed by atoms with van der Waals surface area (Å²) in [5, 5.41) is 10.7. The summed E-state index contributed by atoms with van der Waals surface area (Å²) in [6, 6.07) is 0. The number of aliphatic hydroxyl groups is 1. The van der Waals surface area contributed by atoms with Crippen molar-refractivity contribution in [3.63, 3.8) is 0 Å². The highest BCUT2D eigenvalue weighted by Gasteiger charge is 2.42. The van der Waals surface area contributed by atoms with Gasteiger partial charge in [0, 0.05) is 30.9 Å². The van der Waals surface area contributed by atoms with Crippen molar-refractivity contribution in [2.24, 2.45) is 17.8 Å². The number of allylic oxidation sites excluding steroid dienone is 1. The maximum Gasteiger partial charge on any atom is 0.342 e. The van der Waals surface area contributed by atoms with Crippen LogP contribution in [0.25, 0.3) is 0 Å². The van der Waals surface area contributed by atoms with Crippen molar-refractivity contribution in [1.29, 1.82) is 0 Å². The highest BCUT2D eigenvalue weighted by molar-refractivity contribution is 6.75. The summed E-state index contributed by atoms with van der Waals surface area (Å²) < 4.78 is 32.4. The molecule has 11 heteroatoms. The Labute approximate surface area is 372 Å². The molecule has 0 aromatic heterocycles. The summed E-state index contributed by atoms with van der Waals surface area (Å²) in [6.07, 6.45) is 9.52. The predicted octanol–water partition coefficient (Wildman–Crippen LogP) is 13.3. The molecule has 0 bridgehead atoms. The van der Waals surface area contributed by atoms with Crippen LogP contribution < -0.4 is 0 Å². The standard InChI is InChI=1S/C49H92O8Si3/c1-25-28-36(4)43(32-38(6)40(8)56-59(21,22)47(12,13)14)55-44(50)33-37(5)39(7)42(57-60(23,24)48(15,16)17)30-27-29-41(54-45(51)49(18,52)26-2)31-35(3)34-53-58(19,20)46(9,10)11/h25-27,30,33,36,38-43,52H,1-3,28-29,31-32,34H2,4-24H3/b30-27+,37-33+/t36-,38-,39+,40+,41-,42+,43+,49+/m1/s1. The molecule has 0 rings (SSSR count). The van der Waals surface area contributed by atoms with Crippen molar-refractivity contribution >= 4 is 36.9 Å². The Balaban J connectivity index is 6.59. The summed E-state index contributed by atoms with van der Waals surface area (Å²) in [7, 11) is -6.32. The van der Waals surface area contributed by atoms with E-state index >= 15 is 0 Å². The lowest BCUT2D eigenvalue weighted by molar-refractivity contribution is -0.164. The highest BCUT2D eigenvalue weighted by Crippen LogP contribution is 2.41. The van der Waals surface area contributed by atoms with Crippen molar-refractivity contribution < 1.29 is 37.4 Å². The molecule has 60 heavy (non-hydrogen) atoms. The highest BCUT2D eigenvalue weighted by atomic mass is 28.4. The third-order valence-corrected chi connectivity index (χ3v) is 27.2. The van der Waals surface area contributed by atoms with Gasteiger partial charge in [-0.25, -0.2) is 9.59 Å². The minimum atomic E-state index is -2.30. The lowest BCUT2D eigenvalue weighted by Crippen LogP contribution is -2.45. The third kappa shape index (κ3) is 18.9. The van der Waals surface area contributed by atoms with Crippen molar-refractivity contribution in [2.45, 2.75) is 214 Å². The molecule has 1 N–H and O–H groups in total. The van der Waals surface area contributed by atoms with E-state index in [1.54, 1.807) is 6.08 Å². The van der Waals surface area contributed by atoms with Crippen LogP contribution in [0.1, 0.15) is 130 Å². The van der Waals surface area contributed by atoms with Gasteiger partial charge in [0.25, 0.3) is 0 Å². The summed E-state index contributed by atoms with van der Waals surface area (Å²) in [4.78, 5) is 26.8. The van der Waals surface area contributed by atoms with Gasteiger partial charge in [-0.2, -0.15) is 0 Å². The van der Waals surface area contributed by atoms with E-state index in [2.05, 4.69) is 149 Å². The summed E-state index contributed by atoms with van der Waals surface area (Å²) >= 11 is 0. The molecule has 0 spiro atoms. The Hall–Kier alpha value is -1.87. The van der Waals surface area contributed by atoms with Gasteiger partial charge in [0.05, 0.1) is 12.7 Å². The van der Waals surface area contributed by atoms with Crippen LogP contribution in [0, 0.1) is 17.8 Å². The fourth-order valence-corrected chi connectivity index (χ4v) is 9.31. The first-order valence-corrected chi connectivity index (χ1v) is 31.0. The van der Waals surface area contributed by atoms with Crippen LogP contribution in [0.15, 0.2) is 61.3 Å². The summed E-state index contributed by atoms with van der Waals surface area (Å²) in [6.45, 7) is 57.3. The molecule has 0 fully saturated rings. The Kier molecular flexibility index (Phi) is 22.5. The van der Waals surface area contributed by atoms with Crippen LogP contribution in [0.4, 0.5) is 0 Å².